The lowest BCUT2D eigenvalue weighted by Crippen LogP contribution is -2.25. The molecule has 1 aromatic rings. The van der Waals surface area contributed by atoms with E-state index in [1.165, 1.54) is 12.4 Å². The van der Waals surface area contributed by atoms with Gasteiger partial charge in [0.15, 0.2) is 5.69 Å². The van der Waals surface area contributed by atoms with Crippen molar-refractivity contribution in [2.24, 2.45) is 5.92 Å². The van der Waals surface area contributed by atoms with E-state index in [4.69, 9.17) is 10.2 Å². The van der Waals surface area contributed by atoms with Crippen LogP contribution in [-0.2, 0) is 0 Å². The Kier molecular flexibility index (Phi) is 4.68. The predicted octanol–water partition coefficient (Wildman–Crippen LogP) is 1.16. The van der Waals surface area contributed by atoms with Crippen LogP contribution in [0.2, 0.25) is 0 Å². The number of carboxylic acids is 1. The van der Waals surface area contributed by atoms with Gasteiger partial charge in [-0.2, -0.15) is 0 Å². The number of hydrogen-bond donors (Lipinski definition) is 2. The topological polar surface area (TPSA) is 86.5 Å². The van der Waals surface area contributed by atoms with Gasteiger partial charge in [-0.3, -0.25) is 0 Å². The maximum atomic E-state index is 10.7. The van der Waals surface area contributed by atoms with Crippen LogP contribution in [0.1, 0.15) is 36.2 Å². The Balaban J connectivity index is 1.99. The zero-order chi connectivity index (χ0) is 13.7. The summed E-state index contributed by atoms with van der Waals surface area (Å²) in [6.07, 6.45) is 6.90. The van der Waals surface area contributed by atoms with E-state index in [1.54, 1.807) is 0 Å². The summed E-state index contributed by atoms with van der Waals surface area (Å²) in [6.45, 7) is 2.03. The number of nitrogens with zero attached hydrogens (tertiary/aromatic N) is 3. The number of hydrogen-bond acceptors (Lipinski definition) is 5. The monoisotopic (exact) mass is 265 g/mol. The standard InChI is InChI=1S/C13H19N3O3/c17-7-4-10-2-1-5-16(6-3-10)12-9-14-11(8-15-12)13(18)19/h8-10,17H,1-7H2,(H,18,19). The summed E-state index contributed by atoms with van der Waals surface area (Å²) in [5, 5.41) is 17.8. The molecule has 104 valence electrons. The van der Waals surface area contributed by atoms with Crippen molar-refractivity contribution in [1.82, 2.24) is 9.97 Å². The highest BCUT2D eigenvalue weighted by molar-refractivity contribution is 5.84. The summed E-state index contributed by atoms with van der Waals surface area (Å²) < 4.78 is 0. The molecule has 1 saturated heterocycles. The predicted molar refractivity (Wildman–Crippen MR) is 70.2 cm³/mol. The minimum atomic E-state index is -1.06. The first kappa shape index (κ1) is 13.7. The molecule has 1 aliphatic rings. The third-order valence-corrected chi connectivity index (χ3v) is 3.57. The Labute approximate surface area is 112 Å². The summed E-state index contributed by atoms with van der Waals surface area (Å²) in [5.74, 6) is 0.244. The molecule has 19 heavy (non-hydrogen) atoms. The van der Waals surface area contributed by atoms with Crippen LogP contribution >= 0.6 is 0 Å². The van der Waals surface area contributed by atoms with Gasteiger partial charge < -0.3 is 15.1 Å². The number of aliphatic hydroxyl groups is 1. The third kappa shape index (κ3) is 3.64. The molecule has 1 atom stereocenters. The van der Waals surface area contributed by atoms with E-state index in [-0.39, 0.29) is 12.3 Å². The van der Waals surface area contributed by atoms with Gasteiger partial charge in [0, 0.05) is 19.7 Å². The number of rotatable bonds is 4. The molecule has 1 aliphatic heterocycles. The van der Waals surface area contributed by atoms with Crippen LogP contribution in [0.4, 0.5) is 5.82 Å². The number of carboxylic acid groups (broad SMARTS) is 1. The fourth-order valence-corrected chi connectivity index (χ4v) is 2.46. The minimum absolute atomic E-state index is 0.0308. The first-order chi connectivity index (χ1) is 9.20. The summed E-state index contributed by atoms with van der Waals surface area (Å²) >= 11 is 0. The van der Waals surface area contributed by atoms with Crippen molar-refractivity contribution in [3.63, 3.8) is 0 Å². The quantitative estimate of drug-likeness (QED) is 0.849. The van der Waals surface area contributed by atoms with Crippen LogP contribution in [0.15, 0.2) is 12.4 Å². The summed E-state index contributed by atoms with van der Waals surface area (Å²) in [7, 11) is 0. The first-order valence-corrected chi connectivity index (χ1v) is 6.62. The Hall–Kier alpha value is -1.69. The van der Waals surface area contributed by atoms with E-state index >= 15 is 0 Å². The van der Waals surface area contributed by atoms with Gasteiger partial charge in [0.05, 0.1) is 12.4 Å². The Morgan fingerprint density at radius 2 is 2.16 bits per heavy atom. The number of aromatic carboxylic acids is 1. The van der Waals surface area contributed by atoms with Gasteiger partial charge in [-0.15, -0.1) is 0 Å². The Bertz CT molecular complexity index is 422. The molecule has 6 heteroatoms. The molecule has 2 heterocycles. The molecule has 0 aliphatic carbocycles. The second-order valence-corrected chi connectivity index (χ2v) is 4.86. The maximum absolute atomic E-state index is 10.7. The van der Waals surface area contributed by atoms with E-state index < -0.39 is 5.97 Å². The largest absolute Gasteiger partial charge is 0.476 e. The van der Waals surface area contributed by atoms with E-state index in [0.717, 1.165) is 44.6 Å². The highest BCUT2D eigenvalue weighted by Gasteiger charge is 2.18. The van der Waals surface area contributed by atoms with Gasteiger partial charge in [-0.25, -0.2) is 14.8 Å². The normalized spacial score (nSPS) is 20.1. The number of aromatic nitrogens is 2. The van der Waals surface area contributed by atoms with Gasteiger partial charge in [0.1, 0.15) is 5.82 Å². The SMILES string of the molecule is O=C(O)c1cnc(N2CCCC(CCO)CC2)cn1. The molecule has 0 saturated carbocycles. The van der Waals surface area contributed by atoms with E-state index in [2.05, 4.69) is 14.9 Å². The van der Waals surface area contributed by atoms with E-state index in [0.29, 0.717) is 5.92 Å². The highest BCUT2D eigenvalue weighted by Crippen LogP contribution is 2.22. The highest BCUT2D eigenvalue weighted by atomic mass is 16.4. The van der Waals surface area contributed by atoms with Crippen molar-refractivity contribution in [3.8, 4) is 0 Å². The van der Waals surface area contributed by atoms with Crippen molar-refractivity contribution in [2.45, 2.75) is 25.7 Å². The molecule has 1 aromatic heterocycles. The van der Waals surface area contributed by atoms with Crippen LogP contribution in [0.25, 0.3) is 0 Å². The van der Waals surface area contributed by atoms with Crippen LogP contribution in [0.3, 0.4) is 0 Å². The third-order valence-electron chi connectivity index (χ3n) is 3.57. The molecule has 0 radical (unpaired) electrons. The van der Waals surface area contributed by atoms with Crippen molar-refractivity contribution in [1.29, 1.82) is 0 Å². The van der Waals surface area contributed by atoms with Crippen molar-refractivity contribution in [3.05, 3.63) is 18.1 Å². The maximum Gasteiger partial charge on any atom is 0.356 e. The summed E-state index contributed by atoms with van der Waals surface area (Å²) in [5.41, 5.74) is -0.0308. The molecular formula is C13H19N3O3. The zero-order valence-electron chi connectivity index (χ0n) is 10.8. The average Bonchev–Trinajstić information content (AvgIpc) is 2.65. The summed E-state index contributed by atoms with van der Waals surface area (Å²) in [6, 6.07) is 0. The van der Waals surface area contributed by atoms with Gasteiger partial charge in [-0.1, -0.05) is 0 Å². The van der Waals surface area contributed by atoms with Crippen LogP contribution in [-0.4, -0.2) is 45.8 Å². The molecule has 0 bridgehead atoms. The van der Waals surface area contributed by atoms with Gasteiger partial charge in [0.25, 0.3) is 0 Å². The van der Waals surface area contributed by atoms with E-state index in [9.17, 15) is 4.79 Å². The molecule has 2 N–H and O–H groups in total. The molecule has 1 fully saturated rings. The van der Waals surface area contributed by atoms with Gasteiger partial charge in [0.2, 0.25) is 0 Å². The summed E-state index contributed by atoms with van der Waals surface area (Å²) in [4.78, 5) is 20.9. The molecule has 0 aromatic carbocycles. The molecular weight excluding hydrogens is 246 g/mol. The number of carbonyl (C=O) groups is 1. The fraction of sp³-hybridized carbons (Fsp3) is 0.615. The van der Waals surface area contributed by atoms with Crippen molar-refractivity contribution < 1.29 is 15.0 Å². The molecule has 1 unspecified atom stereocenters. The molecule has 2 rings (SSSR count). The Morgan fingerprint density at radius 3 is 2.79 bits per heavy atom. The lowest BCUT2D eigenvalue weighted by atomic mass is 9.98. The van der Waals surface area contributed by atoms with Gasteiger partial charge >= 0.3 is 5.97 Å². The van der Waals surface area contributed by atoms with Crippen LogP contribution in [0, 0.1) is 5.92 Å². The minimum Gasteiger partial charge on any atom is -0.476 e. The zero-order valence-corrected chi connectivity index (χ0v) is 10.8. The number of anilines is 1. The second kappa shape index (κ2) is 6.47. The van der Waals surface area contributed by atoms with Crippen molar-refractivity contribution in [2.75, 3.05) is 24.6 Å². The number of aliphatic hydroxyl groups excluding tert-OH is 1. The van der Waals surface area contributed by atoms with Crippen LogP contribution in [0.5, 0.6) is 0 Å². The Morgan fingerprint density at radius 1 is 1.32 bits per heavy atom. The smallest absolute Gasteiger partial charge is 0.356 e. The molecule has 0 amide bonds. The second-order valence-electron chi connectivity index (χ2n) is 4.86. The van der Waals surface area contributed by atoms with Crippen molar-refractivity contribution >= 4 is 11.8 Å². The lowest BCUT2D eigenvalue weighted by Gasteiger charge is -2.21. The molecule has 6 nitrogen and oxygen atoms in total. The average molecular weight is 265 g/mol. The lowest BCUT2D eigenvalue weighted by molar-refractivity contribution is 0.0690. The fourth-order valence-electron chi connectivity index (χ4n) is 2.46. The van der Waals surface area contributed by atoms with Crippen LogP contribution < -0.4 is 4.90 Å². The first-order valence-electron chi connectivity index (χ1n) is 6.62. The van der Waals surface area contributed by atoms with E-state index in [1.807, 2.05) is 0 Å². The van der Waals surface area contributed by atoms with Gasteiger partial charge in [-0.05, 0) is 31.6 Å². The molecule has 0 spiro atoms.